The van der Waals surface area contributed by atoms with Gasteiger partial charge in [-0.05, 0) is 66.9 Å². The van der Waals surface area contributed by atoms with E-state index in [9.17, 15) is 4.39 Å². The molecule has 1 aromatic rings. The lowest BCUT2D eigenvalue weighted by Crippen LogP contribution is -2.29. The lowest BCUT2D eigenvalue weighted by Gasteiger charge is -2.19. The fourth-order valence-corrected chi connectivity index (χ4v) is 2.69. The summed E-state index contributed by atoms with van der Waals surface area (Å²) in [6.07, 6.45) is 3.65. The van der Waals surface area contributed by atoms with E-state index in [0.717, 1.165) is 18.7 Å². The van der Waals surface area contributed by atoms with E-state index in [1.807, 2.05) is 0 Å². The van der Waals surface area contributed by atoms with E-state index in [4.69, 9.17) is 0 Å². The molecule has 17 heavy (non-hydrogen) atoms. The molecule has 0 radical (unpaired) electrons. The molecule has 94 valence electrons. The zero-order chi connectivity index (χ0) is 12.3. The Morgan fingerprint density at radius 3 is 3.06 bits per heavy atom. The number of benzene rings is 1. The van der Waals surface area contributed by atoms with Gasteiger partial charge in [-0.15, -0.1) is 0 Å². The molecule has 2 nitrogen and oxygen atoms in total. The molecular weight excluding hydrogens is 283 g/mol. The molecule has 0 aliphatic carbocycles. The third kappa shape index (κ3) is 3.68. The Hall–Kier alpha value is -0.610. The highest BCUT2D eigenvalue weighted by Gasteiger charge is 2.16. The number of rotatable bonds is 4. The highest BCUT2D eigenvalue weighted by Crippen LogP contribution is 2.21. The molecule has 0 spiro atoms. The lowest BCUT2D eigenvalue weighted by atomic mass is 10.1. The first-order valence-corrected chi connectivity index (χ1v) is 6.89. The van der Waals surface area contributed by atoms with E-state index in [1.54, 1.807) is 12.1 Å². The van der Waals surface area contributed by atoms with Crippen LogP contribution >= 0.6 is 15.9 Å². The summed E-state index contributed by atoms with van der Waals surface area (Å²) >= 11 is 3.20. The third-order valence-corrected chi connectivity index (χ3v) is 3.74. The maximum atomic E-state index is 13.1. The van der Waals surface area contributed by atoms with Crippen LogP contribution in [0.3, 0.4) is 0 Å². The number of nitrogens with one attached hydrogen (secondary N) is 2. The Labute approximate surface area is 110 Å². The van der Waals surface area contributed by atoms with Crippen molar-refractivity contribution < 1.29 is 4.39 Å². The molecule has 0 bridgehead atoms. The van der Waals surface area contributed by atoms with Gasteiger partial charge in [-0.3, -0.25) is 0 Å². The number of hydrogen-bond acceptors (Lipinski definition) is 2. The Morgan fingerprint density at radius 2 is 2.41 bits per heavy atom. The first-order chi connectivity index (χ1) is 8.15. The Morgan fingerprint density at radius 1 is 1.59 bits per heavy atom. The standard InChI is InChI=1S/C13H18BrFN2/c1-9(7-10-3-2-6-16-10)17-11-4-5-13(15)12(14)8-11/h4-5,8-10,16-17H,2-3,6-7H2,1H3. The molecular formula is C13H18BrFN2. The van der Waals surface area contributed by atoms with Crippen LogP contribution in [0.15, 0.2) is 22.7 Å². The van der Waals surface area contributed by atoms with Gasteiger partial charge in [0.1, 0.15) is 5.82 Å². The molecule has 0 aromatic heterocycles. The van der Waals surface area contributed by atoms with Crippen molar-refractivity contribution >= 4 is 21.6 Å². The minimum absolute atomic E-state index is 0.222. The summed E-state index contributed by atoms with van der Waals surface area (Å²) in [6.45, 7) is 3.30. The SMILES string of the molecule is CC(CC1CCCN1)Nc1ccc(F)c(Br)c1. The molecule has 1 aromatic carbocycles. The molecule has 1 aliphatic rings. The van der Waals surface area contributed by atoms with Crippen molar-refractivity contribution in [1.82, 2.24) is 5.32 Å². The van der Waals surface area contributed by atoms with Crippen LogP contribution < -0.4 is 10.6 Å². The van der Waals surface area contributed by atoms with Gasteiger partial charge in [0.25, 0.3) is 0 Å². The fraction of sp³-hybridized carbons (Fsp3) is 0.538. The van der Waals surface area contributed by atoms with Gasteiger partial charge in [0.05, 0.1) is 4.47 Å². The predicted molar refractivity (Wildman–Crippen MR) is 72.8 cm³/mol. The summed E-state index contributed by atoms with van der Waals surface area (Å²) in [5.41, 5.74) is 0.962. The summed E-state index contributed by atoms with van der Waals surface area (Å²) in [5.74, 6) is -0.222. The molecule has 0 saturated carbocycles. The Kier molecular flexibility index (Phi) is 4.40. The zero-order valence-electron chi connectivity index (χ0n) is 9.97. The average Bonchev–Trinajstić information content (AvgIpc) is 2.76. The van der Waals surface area contributed by atoms with E-state index in [2.05, 4.69) is 33.5 Å². The van der Waals surface area contributed by atoms with Crippen LogP contribution in [0.25, 0.3) is 0 Å². The second kappa shape index (κ2) is 5.83. The topological polar surface area (TPSA) is 24.1 Å². The average molecular weight is 301 g/mol. The summed E-state index contributed by atoms with van der Waals surface area (Å²) in [4.78, 5) is 0. The van der Waals surface area contributed by atoms with Crippen molar-refractivity contribution in [3.63, 3.8) is 0 Å². The molecule has 2 unspecified atom stereocenters. The van der Waals surface area contributed by atoms with Crippen molar-refractivity contribution in [3.05, 3.63) is 28.5 Å². The Balaban J connectivity index is 1.88. The van der Waals surface area contributed by atoms with Crippen molar-refractivity contribution in [1.29, 1.82) is 0 Å². The molecule has 4 heteroatoms. The summed E-state index contributed by atoms with van der Waals surface area (Å²) in [5, 5.41) is 6.88. The van der Waals surface area contributed by atoms with E-state index < -0.39 is 0 Å². The summed E-state index contributed by atoms with van der Waals surface area (Å²) in [6, 6.07) is 6.06. The van der Waals surface area contributed by atoms with Crippen molar-refractivity contribution in [2.45, 2.75) is 38.3 Å². The van der Waals surface area contributed by atoms with Gasteiger partial charge < -0.3 is 10.6 Å². The first-order valence-electron chi connectivity index (χ1n) is 6.10. The maximum absolute atomic E-state index is 13.1. The lowest BCUT2D eigenvalue weighted by molar-refractivity contribution is 0.523. The monoisotopic (exact) mass is 300 g/mol. The molecule has 2 atom stereocenters. The maximum Gasteiger partial charge on any atom is 0.137 e. The van der Waals surface area contributed by atoms with E-state index in [1.165, 1.54) is 18.9 Å². The predicted octanol–water partition coefficient (Wildman–Crippen LogP) is 3.53. The number of hydrogen-bond donors (Lipinski definition) is 2. The first kappa shape index (κ1) is 12.8. The largest absolute Gasteiger partial charge is 0.382 e. The van der Waals surface area contributed by atoms with Gasteiger partial charge in [-0.1, -0.05) is 0 Å². The molecule has 1 aliphatic heterocycles. The quantitative estimate of drug-likeness (QED) is 0.889. The van der Waals surface area contributed by atoms with Crippen LogP contribution in [0.4, 0.5) is 10.1 Å². The second-order valence-corrected chi connectivity index (χ2v) is 5.56. The fourth-order valence-electron chi connectivity index (χ4n) is 2.31. The van der Waals surface area contributed by atoms with Gasteiger partial charge in [0.2, 0.25) is 0 Å². The van der Waals surface area contributed by atoms with Gasteiger partial charge >= 0.3 is 0 Å². The molecule has 1 saturated heterocycles. The van der Waals surface area contributed by atoms with Gasteiger partial charge in [-0.25, -0.2) is 4.39 Å². The van der Waals surface area contributed by atoms with Crippen molar-refractivity contribution in [2.75, 3.05) is 11.9 Å². The molecule has 2 N–H and O–H groups in total. The highest BCUT2D eigenvalue weighted by molar-refractivity contribution is 9.10. The molecule has 1 fully saturated rings. The van der Waals surface area contributed by atoms with Crippen LogP contribution in [0.2, 0.25) is 0 Å². The van der Waals surface area contributed by atoms with Gasteiger partial charge in [0, 0.05) is 17.8 Å². The number of halogens is 2. The van der Waals surface area contributed by atoms with E-state index in [0.29, 0.717) is 16.6 Å². The molecule has 2 rings (SSSR count). The van der Waals surface area contributed by atoms with Crippen LogP contribution in [0.5, 0.6) is 0 Å². The normalized spacial score (nSPS) is 21.5. The second-order valence-electron chi connectivity index (χ2n) is 4.70. The zero-order valence-corrected chi connectivity index (χ0v) is 11.6. The van der Waals surface area contributed by atoms with Crippen LogP contribution in [-0.4, -0.2) is 18.6 Å². The molecule has 1 heterocycles. The molecule has 0 amide bonds. The van der Waals surface area contributed by atoms with Gasteiger partial charge in [-0.2, -0.15) is 0 Å². The summed E-state index contributed by atoms with van der Waals surface area (Å²) < 4.78 is 13.6. The summed E-state index contributed by atoms with van der Waals surface area (Å²) in [7, 11) is 0. The van der Waals surface area contributed by atoms with E-state index >= 15 is 0 Å². The van der Waals surface area contributed by atoms with Crippen LogP contribution in [0, 0.1) is 5.82 Å². The van der Waals surface area contributed by atoms with Crippen LogP contribution in [0.1, 0.15) is 26.2 Å². The smallest absolute Gasteiger partial charge is 0.137 e. The number of anilines is 1. The highest BCUT2D eigenvalue weighted by atomic mass is 79.9. The minimum atomic E-state index is -0.222. The van der Waals surface area contributed by atoms with Crippen molar-refractivity contribution in [3.8, 4) is 0 Å². The minimum Gasteiger partial charge on any atom is -0.382 e. The third-order valence-electron chi connectivity index (χ3n) is 3.13. The van der Waals surface area contributed by atoms with E-state index in [-0.39, 0.29) is 5.82 Å². The van der Waals surface area contributed by atoms with Crippen molar-refractivity contribution in [2.24, 2.45) is 0 Å². The Bertz CT molecular complexity index is 378. The van der Waals surface area contributed by atoms with Crippen LogP contribution in [-0.2, 0) is 0 Å². The van der Waals surface area contributed by atoms with Gasteiger partial charge in [0.15, 0.2) is 0 Å².